The van der Waals surface area contributed by atoms with Crippen LogP contribution >= 0.6 is 0 Å². The molecule has 0 unspecified atom stereocenters. The van der Waals surface area contributed by atoms with Crippen molar-refractivity contribution in [1.29, 1.82) is 0 Å². The number of H-pyrrole nitrogens is 1. The van der Waals surface area contributed by atoms with Crippen LogP contribution in [-0.2, 0) is 0 Å². The Morgan fingerprint density at radius 3 is 3.00 bits per heavy atom. The Bertz CT molecular complexity index is 747. The van der Waals surface area contributed by atoms with Gasteiger partial charge in [-0.25, -0.2) is 4.98 Å². The number of nitrogens with zero attached hydrogens (tertiary/aromatic N) is 2. The van der Waals surface area contributed by atoms with Gasteiger partial charge in [-0.05, 0) is 18.2 Å². The molecule has 0 aliphatic heterocycles. The van der Waals surface area contributed by atoms with Gasteiger partial charge in [0.2, 0.25) is 0 Å². The number of aromatic amines is 1. The molecule has 5 nitrogen and oxygen atoms in total. The molecule has 0 saturated carbocycles. The molecule has 0 amide bonds. The van der Waals surface area contributed by atoms with Gasteiger partial charge >= 0.3 is 0 Å². The Kier molecular flexibility index (Phi) is 3.55. The molecule has 0 spiro atoms. The standard InChI is InChI=1S/C16H15N3O2/c1-3-8-21-11-4-5-12(15(9-11)20-2)16-18-13-6-7-17-10-14(13)19-16/h3-7,9-10H,1,8H2,2H3,(H,18,19). The number of imidazole rings is 1. The number of aromatic nitrogens is 3. The molecule has 2 aromatic heterocycles. The maximum Gasteiger partial charge on any atom is 0.142 e. The monoisotopic (exact) mass is 281 g/mol. The summed E-state index contributed by atoms with van der Waals surface area (Å²) in [5, 5.41) is 0. The van der Waals surface area contributed by atoms with Crippen LogP contribution in [0.4, 0.5) is 0 Å². The van der Waals surface area contributed by atoms with E-state index in [1.165, 1.54) is 0 Å². The number of benzene rings is 1. The first-order valence-corrected chi connectivity index (χ1v) is 6.53. The normalized spacial score (nSPS) is 10.5. The molecule has 1 N–H and O–H groups in total. The smallest absolute Gasteiger partial charge is 0.142 e. The van der Waals surface area contributed by atoms with Crippen molar-refractivity contribution in [2.75, 3.05) is 13.7 Å². The summed E-state index contributed by atoms with van der Waals surface area (Å²) in [7, 11) is 1.63. The van der Waals surface area contributed by atoms with E-state index in [-0.39, 0.29) is 0 Å². The lowest BCUT2D eigenvalue weighted by molar-refractivity contribution is 0.357. The summed E-state index contributed by atoms with van der Waals surface area (Å²) >= 11 is 0. The van der Waals surface area contributed by atoms with Crippen LogP contribution in [0.3, 0.4) is 0 Å². The van der Waals surface area contributed by atoms with Crippen molar-refractivity contribution in [2.45, 2.75) is 0 Å². The van der Waals surface area contributed by atoms with E-state index in [9.17, 15) is 0 Å². The van der Waals surface area contributed by atoms with Gasteiger partial charge in [-0.2, -0.15) is 0 Å². The third-order valence-electron chi connectivity index (χ3n) is 3.08. The number of methoxy groups -OCH3 is 1. The molecule has 0 atom stereocenters. The first-order chi connectivity index (χ1) is 10.3. The van der Waals surface area contributed by atoms with Gasteiger partial charge < -0.3 is 14.5 Å². The van der Waals surface area contributed by atoms with Crippen molar-refractivity contribution in [1.82, 2.24) is 15.0 Å². The minimum Gasteiger partial charge on any atom is -0.496 e. The molecular formula is C16H15N3O2. The van der Waals surface area contributed by atoms with Crippen molar-refractivity contribution in [2.24, 2.45) is 0 Å². The number of ether oxygens (including phenoxy) is 2. The van der Waals surface area contributed by atoms with Gasteiger partial charge in [0, 0.05) is 12.3 Å². The Morgan fingerprint density at radius 1 is 1.33 bits per heavy atom. The van der Waals surface area contributed by atoms with Crippen LogP contribution in [0.25, 0.3) is 22.4 Å². The second-order valence-corrected chi connectivity index (χ2v) is 4.44. The van der Waals surface area contributed by atoms with Crippen LogP contribution in [0.5, 0.6) is 11.5 Å². The van der Waals surface area contributed by atoms with Crippen molar-refractivity contribution >= 4 is 11.0 Å². The summed E-state index contributed by atoms with van der Waals surface area (Å²) in [4.78, 5) is 11.9. The summed E-state index contributed by atoms with van der Waals surface area (Å²) in [6.45, 7) is 4.09. The molecule has 0 aliphatic rings. The molecule has 21 heavy (non-hydrogen) atoms. The molecule has 0 radical (unpaired) electrons. The number of fused-ring (bicyclic) bond motifs is 1. The van der Waals surface area contributed by atoms with E-state index in [4.69, 9.17) is 9.47 Å². The van der Waals surface area contributed by atoms with Crippen LogP contribution < -0.4 is 9.47 Å². The highest BCUT2D eigenvalue weighted by Crippen LogP contribution is 2.32. The molecule has 1 aromatic carbocycles. The Hall–Kier alpha value is -2.82. The zero-order chi connectivity index (χ0) is 14.7. The first-order valence-electron chi connectivity index (χ1n) is 6.53. The minimum atomic E-state index is 0.457. The molecular weight excluding hydrogens is 266 g/mol. The highest BCUT2D eigenvalue weighted by atomic mass is 16.5. The molecule has 0 bridgehead atoms. The Morgan fingerprint density at radius 2 is 2.24 bits per heavy atom. The summed E-state index contributed by atoms with van der Waals surface area (Å²) in [6.07, 6.45) is 5.17. The molecule has 0 saturated heterocycles. The lowest BCUT2D eigenvalue weighted by atomic mass is 10.2. The van der Waals surface area contributed by atoms with Gasteiger partial charge in [-0.15, -0.1) is 0 Å². The molecule has 3 aromatic rings. The number of hydrogen-bond donors (Lipinski definition) is 1. The van der Waals surface area contributed by atoms with Crippen molar-refractivity contribution in [3.8, 4) is 22.9 Å². The average Bonchev–Trinajstić information content (AvgIpc) is 2.96. The fraction of sp³-hybridized carbons (Fsp3) is 0.125. The van der Waals surface area contributed by atoms with Crippen LogP contribution in [0, 0.1) is 0 Å². The van der Waals surface area contributed by atoms with E-state index >= 15 is 0 Å². The lowest BCUT2D eigenvalue weighted by Gasteiger charge is -2.09. The molecule has 0 aliphatic carbocycles. The van der Waals surface area contributed by atoms with Crippen molar-refractivity contribution in [3.63, 3.8) is 0 Å². The second kappa shape index (κ2) is 5.66. The molecule has 5 heteroatoms. The van der Waals surface area contributed by atoms with Gasteiger partial charge in [-0.1, -0.05) is 12.7 Å². The first kappa shape index (κ1) is 13.2. The number of rotatable bonds is 5. The SMILES string of the molecule is C=CCOc1ccc(-c2nc3ccncc3[nH]2)c(OC)c1. The minimum absolute atomic E-state index is 0.457. The summed E-state index contributed by atoms with van der Waals surface area (Å²) in [5.74, 6) is 2.17. The summed E-state index contributed by atoms with van der Waals surface area (Å²) in [5.41, 5.74) is 2.63. The van der Waals surface area contributed by atoms with Crippen molar-refractivity contribution < 1.29 is 9.47 Å². The predicted molar refractivity (Wildman–Crippen MR) is 81.6 cm³/mol. The third kappa shape index (κ3) is 2.58. The number of nitrogens with one attached hydrogen (secondary N) is 1. The zero-order valence-corrected chi connectivity index (χ0v) is 11.7. The van der Waals surface area contributed by atoms with Gasteiger partial charge in [0.25, 0.3) is 0 Å². The predicted octanol–water partition coefficient (Wildman–Crippen LogP) is 3.20. The highest BCUT2D eigenvalue weighted by molar-refractivity contribution is 5.80. The molecule has 0 fully saturated rings. The van der Waals surface area contributed by atoms with Gasteiger partial charge in [0.15, 0.2) is 0 Å². The van der Waals surface area contributed by atoms with E-state index in [1.807, 2.05) is 24.3 Å². The van der Waals surface area contributed by atoms with Gasteiger partial charge in [0.1, 0.15) is 23.9 Å². The van der Waals surface area contributed by atoms with E-state index in [1.54, 1.807) is 25.6 Å². The molecule has 2 heterocycles. The Balaban J connectivity index is 2.02. The largest absolute Gasteiger partial charge is 0.496 e. The van der Waals surface area contributed by atoms with E-state index < -0.39 is 0 Å². The van der Waals surface area contributed by atoms with Gasteiger partial charge in [-0.3, -0.25) is 4.98 Å². The third-order valence-corrected chi connectivity index (χ3v) is 3.08. The maximum absolute atomic E-state index is 5.51. The topological polar surface area (TPSA) is 60.0 Å². The Labute approximate surface area is 122 Å². The molecule has 3 rings (SSSR count). The van der Waals surface area contributed by atoms with Crippen LogP contribution in [0.2, 0.25) is 0 Å². The van der Waals surface area contributed by atoms with Crippen LogP contribution in [0.1, 0.15) is 0 Å². The maximum atomic E-state index is 5.51. The molecule has 106 valence electrons. The van der Waals surface area contributed by atoms with Crippen LogP contribution in [0.15, 0.2) is 49.3 Å². The average molecular weight is 281 g/mol. The lowest BCUT2D eigenvalue weighted by Crippen LogP contribution is -1.95. The van der Waals surface area contributed by atoms with E-state index in [0.29, 0.717) is 12.4 Å². The second-order valence-electron chi connectivity index (χ2n) is 4.44. The van der Waals surface area contributed by atoms with Crippen LogP contribution in [-0.4, -0.2) is 28.7 Å². The van der Waals surface area contributed by atoms with E-state index in [2.05, 4.69) is 21.5 Å². The number of pyridine rings is 1. The summed E-state index contributed by atoms with van der Waals surface area (Å²) in [6, 6.07) is 7.50. The van der Waals surface area contributed by atoms with Gasteiger partial charge in [0.05, 0.1) is 29.9 Å². The number of hydrogen-bond acceptors (Lipinski definition) is 4. The van der Waals surface area contributed by atoms with Crippen molar-refractivity contribution in [3.05, 3.63) is 49.3 Å². The summed E-state index contributed by atoms with van der Waals surface area (Å²) < 4.78 is 10.9. The fourth-order valence-electron chi connectivity index (χ4n) is 2.10. The fourth-order valence-corrected chi connectivity index (χ4v) is 2.10. The highest BCUT2D eigenvalue weighted by Gasteiger charge is 2.11. The quantitative estimate of drug-likeness (QED) is 0.730. The zero-order valence-electron chi connectivity index (χ0n) is 11.7. The van der Waals surface area contributed by atoms with E-state index in [0.717, 1.165) is 28.2 Å².